The highest BCUT2D eigenvalue weighted by molar-refractivity contribution is 5.81. The molecule has 1 aromatic heterocycles. The average Bonchev–Trinajstić information content (AvgIpc) is 2.74. The second kappa shape index (κ2) is 13.0. The maximum atomic E-state index is 11.5. The molecule has 8 heteroatoms. The number of hydrogen-bond donors (Lipinski definition) is 1. The van der Waals surface area contributed by atoms with Crippen LogP contribution in [0.5, 0.6) is 11.5 Å². The number of nitrogens with zero attached hydrogens (tertiary/aromatic N) is 1. The summed E-state index contributed by atoms with van der Waals surface area (Å²) < 4.78 is 16.4. The van der Waals surface area contributed by atoms with Crippen LogP contribution >= 0.6 is 0 Å². The van der Waals surface area contributed by atoms with E-state index >= 15 is 0 Å². The number of fused-ring (bicyclic) bond motifs is 1. The van der Waals surface area contributed by atoms with E-state index in [1.807, 2.05) is 13.0 Å². The SMILES string of the molecule is CCC.CCOc1cc([N+](=O)[O-])ccc1COc1ccc2c(C)cc(=O)oc2c1.CN. The van der Waals surface area contributed by atoms with Gasteiger partial charge in [-0.3, -0.25) is 10.1 Å². The molecule has 0 aliphatic rings. The predicted octanol–water partition coefficient (Wildman–Crippen LogP) is 4.98. The molecule has 3 rings (SSSR count). The molecule has 31 heavy (non-hydrogen) atoms. The van der Waals surface area contributed by atoms with Crippen LogP contribution in [0.25, 0.3) is 11.0 Å². The molecule has 0 spiro atoms. The van der Waals surface area contributed by atoms with Crippen LogP contribution in [-0.4, -0.2) is 18.6 Å². The number of hydrogen-bond acceptors (Lipinski definition) is 7. The van der Waals surface area contributed by atoms with Gasteiger partial charge in [0.05, 0.1) is 17.6 Å². The van der Waals surface area contributed by atoms with Gasteiger partial charge >= 0.3 is 5.63 Å². The Morgan fingerprint density at radius 3 is 2.32 bits per heavy atom. The molecular weight excluding hydrogens is 400 g/mol. The maximum Gasteiger partial charge on any atom is 0.336 e. The third-order valence-electron chi connectivity index (χ3n) is 3.88. The Bertz CT molecular complexity index is 1050. The van der Waals surface area contributed by atoms with Crippen molar-refractivity contribution in [1.29, 1.82) is 0 Å². The van der Waals surface area contributed by atoms with Gasteiger partial charge in [-0.2, -0.15) is 0 Å². The molecule has 0 amide bonds. The molecule has 3 aromatic rings. The van der Waals surface area contributed by atoms with E-state index < -0.39 is 10.5 Å². The highest BCUT2D eigenvalue weighted by Gasteiger charge is 2.13. The fraction of sp³-hybridized carbons (Fsp3) is 0.348. The van der Waals surface area contributed by atoms with Crippen molar-refractivity contribution in [2.24, 2.45) is 5.73 Å². The van der Waals surface area contributed by atoms with Crippen molar-refractivity contribution in [3.8, 4) is 11.5 Å². The smallest absolute Gasteiger partial charge is 0.336 e. The third kappa shape index (κ3) is 7.42. The quantitative estimate of drug-likeness (QED) is 0.333. The van der Waals surface area contributed by atoms with Crippen LogP contribution in [-0.2, 0) is 6.61 Å². The van der Waals surface area contributed by atoms with Crippen LogP contribution in [0.2, 0.25) is 0 Å². The van der Waals surface area contributed by atoms with Crippen molar-refractivity contribution in [3.63, 3.8) is 0 Å². The molecule has 0 radical (unpaired) electrons. The van der Waals surface area contributed by atoms with E-state index in [1.54, 1.807) is 25.1 Å². The molecule has 0 saturated carbocycles. The monoisotopic (exact) mass is 430 g/mol. The lowest BCUT2D eigenvalue weighted by molar-refractivity contribution is -0.385. The van der Waals surface area contributed by atoms with E-state index in [4.69, 9.17) is 13.9 Å². The van der Waals surface area contributed by atoms with Crippen LogP contribution in [0.15, 0.2) is 51.7 Å². The first-order valence-electron chi connectivity index (χ1n) is 10.0. The average molecular weight is 431 g/mol. The normalized spacial score (nSPS) is 9.74. The van der Waals surface area contributed by atoms with Crippen molar-refractivity contribution < 1.29 is 18.8 Å². The molecule has 0 atom stereocenters. The van der Waals surface area contributed by atoms with Gasteiger partial charge in [-0.15, -0.1) is 0 Å². The van der Waals surface area contributed by atoms with E-state index in [1.165, 1.54) is 31.7 Å². The second-order valence-corrected chi connectivity index (χ2v) is 6.38. The van der Waals surface area contributed by atoms with E-state index in [0.29, 0.717) is 29.3 Å². The molecule has 2 aromatic carbocycles. The molecule has 8 nitrogen and oxygen atoms in total. The number of nitro groups is 1. The largest absolute Gasteiger partial charge is 0.493 e. The zero-order valence-corrected chi connectivity index (χ0v) is 18.6. The maximum absolute atomic E-state index is 11.5. The van der Waals surface area contributed by atoms with Crippen LogP contribution < -0.4 is 20.8 Å². The predicted molar refractivity (Wildman–Crippen MR) is 122 cm³/mol. The molecule has 0 saturated heterocycles. The molecule has 2 N–H and O–H groups in total. The van der Waals surface area contributed by atoms with Gasteiger partial charge in [0.2, 0.25) is 0 Å². The number of aryl methyl sites for hydroxylation is 1. The number of nitrogens with two attached hydrogens (primary N) is 1. The van der Waals surface area contributed by atoms with Crippen LogP contribution in [0.4, 0.5) is 5.69 Å². The van der Waals surface area contributed by atoms with E-state index in [9.17, 15) is 14.9 Å². The van der Waals surface area contributed by atoms with Crippen molar-refractivity contribution >= 4 is 16.7 Å². The molecule has 0 aliphatic carbocycles. The second-order valence-electron chi connectivity index (χ2n) is 6.38. The van der Waals surface area contributed by atoms with Gasteiger partial charge in [-0.1, -0.05) is 20.3 Å². The summed E-state index contributed by atoms with van der Waals surface area (Å²) in [6.45, 7) is 8.44. The third-order valence-corrected chi connectivity index (χ3v) is 3.88. The summed E-state index contributed by atoms with van der Waals surface area (Å²) in [5.41, 5.74) is 6.00. The fourth-order valence-electron chi connectivity index (χ4n) is 2.62. The van der Waals surface area contributed by atoms with E-state index in [2.05, 4.69) is 19.6 Å². The number of benzene rings is 2. The summed E-state index contributed by atoms with van der Waals surface area (Å²) in [4.78, 5) is 22.0. The lowest BCUT2D eigenvalue weighted by Gasteiger charge is -2.12. The standard InChI is InChI=1S/C19H17NO6.C3H8.CH5N/c1-3-24-17-9-14(20(22)23)5-4-13(17)11-25-15-6-7-16-12(2)8-19(21)26-18(16)10-15;1-3-2;1-2/h4-10H,3,11H2,1-2H3;3H2,1-2H3;2H2,1H3. The van der Waals surface area contributed by atoms with Crippen LogP contribution in [0.3, 0.4) is 0 Å². The highest BCUT2D eigenvalue weighted by atomic mass is 16.6. The first-order valence-corrected chi connectivity index (χ1v) is 10.0. The summed E-state index contributed by atoms with van der Waals surface area (Å²) in [7, 11) is 1.50. The van der Waals surface area contributed by atoms with Gasteiger partial charge < -0.3 is 19.6 Å². The fourth-order valence-corrected chi connectivity index (χ4v) is 2.62. The number of non-ortho nitro benzene ring substituents is 1. The Morgan fingerprint density at radius 1 is 1.03 bits per heavy atom. The van der Waals surface area contributed by atoms with Crippen molar-refractivity contribution in [3.05, 3.63) is 74.1 Å². The Kier molecular flexibility index (Phi) is 10.8. The molecule has 0 bridgehead atoms. The zero-order chi connectivity index (χ0) is 23.4. The topological polar surface area (TPSA) is 118 Å². The first kappa shape index (κ1) is 25.6. The van der Waals surface area contributed by atoms with Crippen molar-refractivity contribution in [2.45, 2.75) is 40.7 Å². The lowest BCUT2D eigenvalue weighted by Crippen LogP contribution is -2.02. The lowest BCUT2D eigenvalue weighted by atomic mass is 10.1. The Morgan fingerprint density at radius 2 is 1.71 bits per heavy atom. The molecule has 0 unspecified atom stereocenters. The number of rotatable bonds is 6. The van der Waals surface area contributed by atoms with Crippen LogP contribution in [0.1, 0.15) is 38.3 Å². The van der Waals surface area contributed by atoms with Crippen LogP contribution in [0, 0.1) is 17.0 Å². The van der Waals surface area contributed by atoms with Gasteiger partial charge in [0.25, 0.3) is 5.69 Å². The van der Waals surface area contributed by atoms with E-state index in [0.717, 1.165) is 10.9 Å². The molecule has 1 heterocycles. The molecule has 0 fully saturated rings. The Labute approximate surface area is 181 Å². The zero-order valence-electron chi connectivity index (χ0n) is 18.6. The van der Waals surface area contributed by atoms with E-state index in [-0.39, 0.29) is 12.3 Å². The van der Waals surface area contributed by atoms with Gasteiger partial charge in [-0.05, 0) is 44.7 Å². The van der Waals surface area contributed by atoms with Gasteiger partial charge in [0, 0.05) is 29.1 Å². The number of nitro benzene ring substituents is 1. The minimum Gasteiger partial charge on any atom is -0.493 e. The minimum atomic E-state index is -0.471. The van der Waals surface area contributed by atoms with Gasteiger partial charge in [0.15, 0.2) is 0 Å². The summed E-state index contributed by atoms with van der Waals surface area (Å²) >= 11 is 0. The van der Waals surface area contributed by atoms with Crippen molar-refractivity contribution in [2.75, 3.05) is 13.7 Å². The van der Waals surface area contributed by atoms with Gasteiger partial charge in [0.1, 0.15) is 23.7 Å². The summed E-state index contributed by atoms with van der Waals surface area (Å²) in [5, 5.41) is 11.7. The highest BCUT2D eigenvalue weighted by Crippen LogP contribution is 2.27. The summed E-state index contributed by atoms with van der Waals surface area (Å²) in [5.74, 6) is 0.928. The number of ether oxygens (including phenoxy) is 2. The molecule has 0 aliphatic heterocycles. The minimum absolute atomic E-state index is 0.0415. The van der Waals surface area contributed by atoms with Gasteiger partial charge in [-0.25, -0.2) is 4.79 Å². The summed E-state index contributed by atoms with van der Waals surface area (Å²) in [6.07, 6.45) is 1.25. The molecule has 168 valence electrons. The first-order chi connectivity index (χ1) is 14.9. The van der Waals surface area contributed by atoms with Crippen molar-refractivity contribution in [1.82, 2.24) is 0 Å². The Hall–Kier alpha value is -3.39. The summed E-state index contributed by atoms with van der Waals surface area (Å²) in [6, 6.07) is 11.1. The molecular formula is C23H30N2O6. The Balaban J connectivity index is 0.000000884.